The second-order valence-corrected chi connectivity index (χ2v) is 7.48. The standard InChI is InChI=1S/C21H28N2O/c24-21-12-6-11-20-18(17-9-4-5-10-19(17)23(20)21)13-14-22-15-16-7-2-1-3-8-16/h4-5,9-10,16,22H,1-3,6-8,11-15H2. The fourth-order valence-electron chi connectivity index (χ4n) is 4.62. The number of fused-ring (bicyclic) bond motifs is 3. The lowest BCUT2D eigenvalue weighted by atomic mass is 9.89. The summed E-state index contributed by atoms with van der Waals surface area (Å²) in [5.41, 5.74) is 3.78. The Balaban J connectivity index is 1.48. The van der Waals surface area contributed by atoms with Gasteiger partial charge in [0.2, 0.25) is 5.91 Å². The van der Waals surface area contributed by atoms with E-state index in [4.69, 9.17) is 0 Å². The molecule has 1 saturated carbocycles. The molecule has 0 bridgehead atoms. The zero-order chi connectivity index (χ0) is 16.4. The summed E-state index contributed by atoms with van der Waals surface area (Å²) >= 11 is 0. The number of rotatable bonds is 5. The van der Waals surface area contributed by atoms with E-state index in [0.717, 1.165) is 43.8 Å². The van der Waals surface area contributed by atoms with Crippen LogP contribution in [-0.2, 0) is 12.8 Å². The van der Waals surface area contributed by atoms with Gasteiger partial charge >= 0.3 is 0 Å². The van der Waals surface area contributed by atoms with Crippen molar-refractivity contribution in [3.63, 3.8) is 0 Å². The lowest BCUT2D eigenvalue weighted by Gasteiger charge is -2.22. The summed E-state index contributed by atoms with van der Waals surface area (Å²) in [6.45, 7) is 2.18. The Kier molecular flexibility index (Phi) is 4.70. The summed E-state index contributed by atoms with van der Waals surface area (Å²) in [4.78, 5) is 12.4. The van der Waals surface area contributed by atoms with E-state index < -0.39 is 0 Å². The third kappa shape index (κ3) is 3.02. The number of carbonyl (C=O) groups excluding carboxylic acids is 1. The number of hydrogen-bond acceptors (Lipinski definition) is 2. The topological polar surface area (TPSA) is 34.0 Å². The highest BCUT2D eigenvalue weighted by molar-refractivity contribution is 5.96. The van der Waals surface area contributed by atoms with Crippen LogP contribution < -0.4 is 5.32 Å². The Labute approximate surface area is 144 Å². The molecule has 1 fully saturated rings. The minimum atomic E-state index is 0.272. The molecule has 1 N–H and O–H groups in total. The van der Waals surface area contributed by atoms with Crippen LogP contribution in [0.1, 0.15) is 61.0 Å². The quantitative estimate of drug-likeness (QED) is 0.831. The molecule has 0 amide bonds. The number of aromatic nitrogens is 1. The number of nitrogens with zero attached hydrogens (tertiary/aromatic N) is 1. The number of carbonyl (C=O) groups is 1. The molecule has 2 heterocycles. The smallest absolute Gasteiger partial charge is 0.231 e. The molecular formula is C21H28N2O. The minimum absolute atomic E-state index is 0.272. The van der Waals surface area contributed by atoms with Gasteiger partial charge in [-0.15, -0.1) is 0 Å². The van der Waals surface area contributed by atoms with E-state index in [2.05, 4.69) is 23.5 Å². The summed E-state index contributed by atoms with van der Waals surface area (Å²) in [5.74, 6) is 1.15. The monoisotopic (exact) mass is 324 g/mol. The van der Waals surface area contributed by atoms with Gasteiger partial charge < -0.3 is 5.32 Å². The molecule has 128 valence electrons. The van der Waals surface area contributed by atoms with Gasteiger partial charge in [-0.2, -0.15) is 0 Å². The van der Waals surface area contributed by atoms with Gasteiger partial charge in [0.25, 0.3) is 0 Å². The Bertz CT molecular complexity index is 725. The Morgan fingerprint density at radius 2 is 1.88 bits per heavy atom. The zero-order valence-corrected chi connectivity index (χ0v) is 14.5. The highest BCUT2D eigenvalue weighted by atomic mass is 16.2. The maximum absolute atomic E-state index is 12.4. The molecule has 0 radical (unpaired) electrons. The lowest BCUT2D eigenvalue weighted by molar-refractivity contribution is 0.0889. The van der Waals surface area contributed by atoms with Crippen molar-refractivity contribution in [2.45, 2.75) is 57.8 Å². The molecule has 1 aromatic carbocycles. The van der Waals surface area contributed by atoms with Crippen LogP contribution in [0.5, 0.6) is 0 Å². The summed E-state index contributed by atoms with van der Waals surface area (Å²) in [5, 5.41) is 4.96. The molecule has 1 aliphatic carbocycles. The minimum Gasteiger partial charge on any atom is -0.316 e. The van der Waals surface area contributed by atoms with Gasteiger partial charge in [0.05, 0.1) is 5.52 Å². The average molecular weight is 324 g/mol. The second-order valence-electron chi connectivity index (χ2n) is 7.48. The van der Waals surface area contributed by atoms with E-state index in [1.54, 1.807) is 0 Å². The van der Waals surface area contributed by atoms with Crippen LogP contribution in [0.2, 0.25) is 0 Å². The van der Waals surface area contributed by atoms with Crippen molar-refractivity contribution in [2.75, 3.05) is 13.1 Å². The van der Waals surface area contributed by atoms with E-state index >= 15 is 0 Å². The molecular weight excluding hydrogens is 296 g/mol. The van der Waals surface area contributed by atoms with Crippen LogP contribution in [0.3, 0.4) is 0 Å². The van der Waals surface area contributed by atoms with E-state index in [1.165, 1.54) is 48.7 Å². The highest BCUT2D eigenvalue weighted by Crippen LogP contribution is 2.31. The molecule has 1 aliphatic heterocycles. The van der Waals surface area contributed by atoms with Crippen molar-refractivity contribution in [3.8, 4) is 0 Å². The normalized spacial score (nSPS) is 18.9. The summed E-state index contributed by atoms with van der Waals surface area (Å²) < 4.78 is 2.00. The molecule has 3 nitrogen and oxygen atoms in total. The van der Waals surface area contributed by atoms with Gasteiger partial charge in [-0.1, -0.05) is 37.5 Å². The lowest BCUT2D eigenvalue weighted by Crippen LogP contribution is -2.26. The van der Waals surface area contributed by atoms with E-state index in [-0.39, 0.29) is 5.91 Å². The molecule has 0 spiro atoms. The Hall–Kier alpha value is -1.61. The van der Waals surface area contributed by atoms with Gasteiger partial charge in [0.15, 0.2) is 0 Å². The van der Waals surface area contributed by atoms with E-state index in [0.29, 0.717) is 6.42 Å². The fourth-order valence-corrected chi connectivity index (χ4v) is 4.62. The van der Waals surface area contributed by atoms with E-state index in [9.17, 15) is 4.79 Å². The predicted molar refractivity (Wildman–Crippen MR) is 98.7 cm³/mol. The van der Waals surface area contributed by atoms with Crippen molar-refractivity contribution in [1.29, 1.82) is 0 Å². The van der Waals surface area contributed by atoms with Crippen molar-refractivity contribution in [2.24, 2.45) is 5.92 Å². The molecule has 0 atom stereocenters. The summed E-state index contributed by atoms with van der Waals surface area (Å²) in [6, 6.07) is 8.42. The Morgan fingerprint density at radius 3 is 2.75 bits per heavy atom. The molecule has 4 rings (SSSR count). The first-order chi connectivity index (χ1) is 11.8. The maximum atomic E-state index is 12.4. The van der Waals surface area contributed by atoms with E-state index in [1.807, 2.05) is 10.6 Å². The Morgan fingerprint density at radius 1 is 1.04 bits per heavy atom. The maximum Gasteiger partial charge on any atom is 0.231 e. The zero-order valence-electron chi connectivity index (χ0n) is 14.5. The molecule has 0 saturated heterocycles. The van der Waals surface area contributed by atoms with Crippen molar-refractivity contribution >= 4 is 16.8 Å². The first-order valence-electron chi connectivity index (χ1n) is 9.69. The first kappa shape index (κ1) is 15.9. The average Bonchev–Trinajstić information content (AvgIpc) is 2.95. The fraction of sp³-hybridized carbons (Fsp3) is 0.571. The van der Waals surface area contributed by atoms with Crippen LogP contribution in [0.4, 0.5) is 0 Å². The summed E-state index contributed by atoms with van der Waals surface area (Å²) in [6.07, 6.45) is 10.8. The molecule has 1 aromatic heterocycles. The van der Waals surface area contributed by atoms with Crippen molar-refractivity contribution < 1.29 is 4.79 Å². The predicted octanol–water partition coefficient (Wildman–Crippen LogP) is 4.33. The number of benzene rings is 1. The van der Waals surface area contributed by atoms with Crippen molar-refractivity contribution in [1.82, 2.24) is 9.88 Å². The largest absolute Gasteiger partial charge is 0.316 e. The molecule has 2 aliphatic rings. The van der Waals surface area contributed by atoms with Crippen LogP contribution >= 0.6 is 0 Å². The van der Waals surface area contributed by atoms with Crippen LogP contribution in [0.25, 0.3) is 10.9 Å². The number of nitrogens with one attached hydrogen (secondary N) is 1. The SMILES string of the molecule is O=C1CCCc2c(CCNCC3CCCCC3)c3ccccc3n21. The van der Waals surface area contributed by atoms with Gasteiger partial charge in [0.1, 0.15) is 0 Å². The number of para-hydroxylation sites is 1. The first-order valence-corrected chi connectivity index (χ1v) is 9.69. The van der Waals surface area contributed by atoms with Crippen LogP contribution in [-0.4, -0.2) is 23.6 Å². The second kappa shape index (κ2) is 7.10. The van der Waals surface area contributed by atoms with Gasteiger partial charge in [-0.25, -0.2) is 0 Å². The number of hydrogen-bond donors (Lipinski definition) is 1. The third-order valence-electron chi connectivity index (χ3n) is 5.85. The molecule has 0 unspecified atom stereocenters. The van der Waals surface area contributed by atoms with Crippen molar-refractivity contribution in [3.05, 3.63) is 35.5 Å². The molecule has 3 heteroatoms. The van der Waals surface area contributed by atoms with Gasteiger partial charge in [-0.05, 0) is 62.7 Å². The van der Waals surface area contributed by atoms with Gasteiger partial charge in [-0.3, -0.25) is 9.36 Å². The highest BCUT2D eigenvalue weighted by Gasteiger charge is 2.24. The van der Waals surface area contributed by atoms with Crippen LogP contribution in [0.15, 0.2) is 24.3 Å². The van der Waals surface area contributed by atoms with Crippen LogP contribution in [0, 0.1) is 5.92 Å². The molecule has 24 heavy (non-hydrogen) atoms. The third-order valence-corrected chi connectivity index (χ3v) is 5.85. The van der Waals surface area contributed by atoms with Gasteiger partial charge in [0, 0.05) is 17.5 Å². The summed E-state index contributed by atoms with van der Waals surface area (Å²) in [7, 11) is 0. The molecule has 2 aromatic rings.